The van der Waals surface area contributed by atoms with E-state index in [0.717, 1.165) is 11.3 Å². The summed E-state index contributed by atoms with van der Waals surface area (Å²) in [5, 5.41) is 8.88. The van der Waals surface area contributed by atoms with Gasteiger partial charge in [-0.25, -0.2) is 0 Å². The first kappa shape index (κ1) is 14.5. The van der Waals surface area contributed by atoms with Crippen molar-refractivity contribution in [3.05, 3.63) is 29.8 Å². The van der Waals surface area contributed by atoms with E-state index in [9.17, 15) is 4.79 Å². The quantitative estimate of drug-likeness (QED) is 0.861. The van der Waals surface area contributed by atoms with Crippen molar-refractivity contribution in [3.8, 4) is 5.75 Å². The van der Waals surface area contributed by atoms with Crippen LogP contribution in [0.3, 0.4) is 0 Å². The molecule has 0 heterocycles. The van der Waals surface area contributed by atoms with E-state index in [0.29, 0.717) is 6.54 Å². The lowest BCUT2D eigenvalue weighted by atomic mass is 9.83. The number of nitrogens with zero attached hydrogens (tertiary/aromatic N) is 1. The first-order valence-electron chi connectivity index (χ1n) is 5.94. The van der Waals surface area contributed by atoms with Crippen LogP contribution in [0.15, 0.2) is 24.3 Å². The zero-order valence-corrected chi connectivity index (χ0v) is 11.4. The van der Waals surface area contributed by atoms with Crippen molar-refractivity contribution in [1.29, 1.82) is 0 Å². The molecule has 4 nitrogen and oxygen atoms in total. The molecule has 0 fully saturated rings. The van der Waals surface area contributed by atoms with Crippen molar-refractivity contribution in [3.63, 3.8) is 0 Å². The number of carbonyl (C=O) groups excluding carboxylic acids is 1. The molecule has 0 aliphatic heterocycles. The minimum atomic E-state index is -0.615. The maximum Gasteiger partial charge on any atom is 0.232 e. The topological polar surface area (TPSA) is 49.8 Å². The number of methoxy groups -OCH3 is 1. The molecule has 0 aliphatic rings. The highest BCUT2D eigenvalue weighted by molar-refractivity contribution is 5.87. The van der Waals surface area contributed by atoms with E-state index in [-0.39, 0.29) is 12.5 Å². The monoisotopic (exact) mass is 251 g/mol. The average molecular weight is 251 g/mol. The minimum absolute atomic E-state index is 0.0123. The maximum atomic E-state index is 12.3. The highest BCUT2D eigenvalue weighted by Gasteiger charge is 2.32. The summed E-state index contributed by atoms with van der Waals surface area (Å²) in [4.78, 5) is 13.8. The predicted octanol–water partition coefficient (Wildman–Crippen LogP) is 1.42. The molecule has 0 radical (unpaired) electrons. The number of hydrogen-bond acceptors (Lipinski definition) is 3. The molecule has 1 aromatic rings. The van der Waals surface area contributed by atoms with E-state index in [4.69, 9.17) is 9.84 Å². The molecule has 0 bridgehead atoms. The lowest BCUT2D eigenvalue weighted by molar-refractivity contribution is -0.135. The molecule has 18 heavy (non-hydrogen) atoms. The van der Waals surface area contributed by atoms with Crippen molar-refractivity contribution in [2.75, 3.05) is 27.3 Å². The van der Waals surface area contributed by atoms with E-state index in [1.54, 1.807) is 19.1 Å². The first-order chi connectivity index (χ1) is 8.43. The Morgan fingerprint density at radius 3 is 2.33 bits per heavy atom. The van der Waals surface area contributed by atoms with Gasteiger partial charge >= 0.3 is 0 Å². The highest BCUT2D eigenvalue weighted by atomic mass is 16.5. The molecule has 0 saturated carbocycles. The van der Waals surface area contributed by atoms with E-state index in [2.05, 4.69) is 0 Å². The molecule has 1 rings (SSSR count). The van der Waals surface area contributed by atoms with Crippen LogP contribution < -0.4 is 4.74 Å². The largest absolute Gasteiger partial charge is 0.497 e. The van der Waals surface area contributed by atoms with Gasteiger partial charge in [-0.15, -0.1) is 0 Å². The van der Waals surface area contributed by atoms with Gasteiger partial charge in [0.05, 0.1) is 19.1 Å². The summed E-state index contributed by atoms with van der Waals surface area (Å²) in [6.45, 7) is 4.08. The Bertz CT molecular complexity index is 398. The number of ether oxygens (including phenoxy) is 1. The Morgan fingerprint density at radius 1 is 1.33 bits per heavy atom. The van der Waals surface area contributed by atoms with Crippen LogP contribution in [0.1, 0.15) is 19.4 Å². The highest BCUT2D eigenvalue weighted by Crippen LogP contribution is 2.27. The Labute approximate surface area is 108 Å². The number of hydrogen-bond donors (Lipinski definition) is 1. The van der Waals surface area contributed by atoms with Gasteiger partial charge in [-0.3, -0.25) is 4.79 Å². The number of rotatable bonds is 5. The normalized spacial score (nSPS) is 11.2. The Balaban J connectivity index is 2.93. The fourth-order valence-corrected chi connectivity index (χ4v) is 1.86. The van der Waals surface area contributed by atoms with Crippen LogP contribution in [-0.4, -0.2) is 43.2 Å². The molecule has 0 saturated heterocycles. The summed E-state index contributed by atoms with van der Waals surface area (Å²) in [7, 11) is 3.31. The van der Waals surface area contributed by atoms with Gasteiger partial charge in [0.1, 0.15) is 5.75 Å². The number of carbonyl (C=O) groups is 1. The first-order valence-corrected chi connectivity index (χ1v) is 5.94. The van der Waals surface area contributed by atoms with Crippen LogP contribution in [0.2, 0.25) is 0 Å². The molecule has 0 aromatic heterocycles. The van der Waals surface area contributed by atoms with Crippen LogP contribution in [0.5, 0.6) is 5.75 Å². The van der Waals surface area contributed by atoms with E-state index in [1.165, 1.54) is 0 Å². The fourth-order valence-electron chi connectivity index (χ4n) is 1.86. The van der Waals surface area contributed by atoms with Crippen LogP contribution in [0.4, 0.5) is 0 Å². The molecule has 0 atom stereocenters. The summed E-state index contributed by atoms with van der Waals surface area (Å²) >= 11 is 0. The number of likely N-dealkylation sites (N-methyl/N-ethyl adjacent to an activating group) is 1. The second-order valence-corrected chi connectivity index (χ2v) is 4.80. The van der Waals surface area contributed by atoms with Crippen molar-refractivity contribution >= 4 is 5.91 Å². The van der Waals surface area contributed by atoms with Crippen molar-refractivity contribution in [2.24, 2.45) is 0 Å². The van der Waals surface area contributed by atoms with Crippen molar-refractivity contribution in [2.45, 2.75) is 19.3 Å². The van der Waals surface area contributed by atoms with Crippen LogP contribution >= 0.6 is 0 Å². The molecular formula is C14H21NO3. The molecule has 1 N–H and O–H groups in total. The van der Waals surface area contributed by atoms with Gasteiger partial charge in [-0.05, 0) is 31.5 Å². The molecule has 0 unspecified atom stereocenters. The van der Waals surface area contributed by atoms with Crippen molar-refractivity contribution < 1.29 is 14.6 Å². The van der Waals surface area contributed by atoms with E-state index in [1.807, 2.05) is 38.1 Å². The minimum Gasteiger partial charge on any atom is -0.497 e. The molecule has 100 valence electrons. The van der Waals surface area contributed by atoms with Gasteiger partial charge in [-0.2, -0.15) is 0 Å². The Hall–Kier alpha value is -1.55. The summed E-state index contributed by atoms with van der Waals surface area (Å²) in [6, 6.07) is 7.47. The number of benzene rings is 1. The summed E-state index contributed by atoms with van der Waals surface area (Å²) in [6.07, 6.45) is 0. The molecule has 1 amide bonds. The molecule has 0 spiro atoms. The van der Waals surface area contributed by atoms with Gasteiger partial charge in [0.25, 0.3) is 0 Å². The molecule has 0 aliphatic carbocycles. The van der Waals surface area contributed by atoms with Crippen LogP contribution in [-0.2, 0) is 10.2 Å². The summed E-state index contributed by atoms with van der Waals surface area (Å²) in [5.41, 5.74) is 0.314. The van der Waals surface area contributed by atoms with Gasteiger partial charge < -0.3 is 14.7 Å². The lowest BCUT2D eigenvalue weighted by Crippen LogP contribution is -2.42. The smallest absolute Gasteiger partial charge is 0.232 e. The fraction of sp³-hybridized carbons (Fsp3) is 0.500. The zero-order chi connectivity index (χ0) is 13.8. The van der Waals surface area contributed by atoms with Gasteiger partial charge in [0.2, 0.25) is 5.91 Å². The predicted molar refractivity (Wildman–Crippen MR) is 70.7 cm³/mol. The van der Waals surface area contributed by atoms with Crippen LogP contribution in [0, 0.1) is 0 Å². The SMILES string of the molecule is COc1ccc(C(C)(C)C(=O)N(C)CCO)cc1. The van der Waals surface area contributed by atoms with Crippen molar-refractivity contribution in [1.82, 2.24) is 4.90 Å². The van der Waals surface area contributed by atoms with Gasteiger partial charge in [0, 0.05) is 13.6 Å². The average Bonchev–Trinajstić information content (AvgIpc) is 2.38. The van der Waals surface area contributed by atoms with Crippen LogP contribution in [0.25, 0.3) is 0 Å². The van der Waals surface area contributed by atoms with E-state index < -0.39 is 5.41 Å². The van der Waals surface area contributed by atoms with Gasteiger partial charge in [-0.1, -0.05) is 12.1 Å². The second kappa shape index (κ2) is 5.87. The molecular weight excluding hydrogens is 230 g/mol. The van der Waals surface area contributed by atoms with E-state index >= 15 is 0 Å². The van der Waals surface area contributed by atoms with Gasteiger partial charge in [0.15, 0.2) is 0 Å². The maximum absolute atomic E-state index is 12.3. The third-order valence-corrected chi connectivity index (χ3v) is 3.13. The summed E-state index contributed by atoms with van der Waals surface area (Å²) in [5.74, 6) is 0.757. The molecule has 1 aromatic carbocycles. The third-order valence-electron chi connectivity index (χ3n) is 3.13. The third kappa shape index (κ3) is 3.01. The number of amides is 1. The Kier molecular flexibility index (Phi) is 4.73. The summed E-state index contributed by atoms with van der Waals surface area (Å²) < 4.78 is 5.10. The zero-order valence-electron chi connectivity index (χ0n) is 11.4. The number of aliphatic hydroxyl groups is 1. The lowest BCUT2D eigenvalue weighted by Gasteiger charge is -2.29. The number of aliphatic hydroxyl groups excluding tert-OH is 1. The molecule has 4 heteroatoms. The standard InChI is InChI=1S/C14H21NO3/c1-14(2,13(17)15(3)9-10-16)11-5-7-12(18-4)8-6-11/h5-8,16H,9-10H2,1-4H3. The second-order valence-electron chi connectivity index (χ2n) is 4.80. The Morgan fingerprint density at radius 2 is 1.89 bits per heavy atom.